The first kappa shape index (κ1) is 8.65. The summed E-state index contributed by atoms with van der Waals surface area (Å²) < 4.78 is 0. The van der Waals surface area contributed by atoms with Crippen LogP contribution < -0.4 is 5.73 Å². The van der Waals surface area contributed by atoms with E-state index in [-0.39, 0.29) is 36.7 Å². The van der Waals surface area contributed by atoms with Crippen molar-refractivity contribution in [1.82, 2.24) is 4.90 Å². The van der Waals surface area contributed by atoms with E-state index in [1.807, 2.05) is 0 Å². The number of carbonyl (C=O) groups excluding carboxylic acids is 2. The van der Waals surface area contributed by atoms with Crippen molar-refractivity contribution in [3.05, 3.63) is 0 Å². The number of carbonyl (C=O) groups is 2. The van der Waals surface area contributed by atoms with E-state index in [0.717, 1.165) is 4.90 Å². The molecule has 3 atom stereocenters. The largest absolute Gasteiger partial charge is 0.390 e. The van der Waals surface area contributed by atoms with Crippen LogP contribution in [0.15, 0.2) is 0 Å². The molecule has 0 aromatic carbocycles. The van der Waals surface area contributed by atoms with Crippen LogP contribution in [0.3, 0.4) is 0 Å². The molecule has 2 amide bonds. The van der Waals surface area contributed by atoms with Crippen LogP contribution in [0.2, 0.25) is 0 Å². The molecule has 2 rings (SSSR count). The third-order valence-electron chi connectivity index (χ3n) is 2.62. The first-order valence-corrected chi connectivity index (χ1v) is 4.38. The lowest BCUT2D eigenvalue weighted by Crippen LogP contribution is -2.41. The number of imide groups is 1. The molecule has 72 valence electrons. The first-order valence-electron chi connectivity index (χ1n) is 4.38. The van der Waals surface area contributed by atoms with Gasteiger partial charge in [-0.2, -0.15) is 0 Å². The van der Waals surface area contributed by atoms with Gasteiger partial charge in [0.15, 0.2) is 0 Å². The zero-order valence-corrected chi connectivity index (χ0v) is 7.14. The maximum atomic E-state index is 11.4. The summed E-state index contributed by atoms with van der Waals surface area (Å²) in [6, 6.07) is 0. The quantitative estimate of drug-likeness (QED) is 0.513. The van der Waals surface area contributed by atoms with Gasteiger partial charge in [0.05, 0.1) is 24.5 Å². The Labute approximate surface area is 75.5 Å². The van der Waals surface area contributed by atoms with Gasteiger partial charge in [0.2, 0.25) is 11.8 Å². The van der Waals surface area contributed by atoms with E-state index in [4.69, 9.17) is 5.73 Å². The average molecular weight is 184 g/mol. The molecule has 5 nitrogen and oxygen atoms in total. The molecule has 0 spiro atoms. The zero-order chi connectivity index (χ0) is 9.59. The number of piperidine rings is 1. The van der Waals surface area contributed by atoms with E-state index < -0.39 is 6.10 Å². The highest BCUT2D eigenvalue weighted by Gasteiger charge is 2.58. The summed E-state index contributed by atoms with van der Waals surface area (Å²) in [6.45, 7) is 0.133. The molecule has 2 aliphatic rings. The number of fused-ring (bicyclic) bond motifs is 1. The van der Waals surface area contributed by atoms with Gasteiger partial charge in [0.1, 0.15) is 0 Å². The number of nitrogens with two attached hydrogens (primary N) is 1. The molecular formula is C8H12N2O3. The molecule has 1 aliphatic carbocycles. The smallest absolute Gasteiger partial charge is 0.233 e. The SMILES string of the molecule is NCC(O)CN1C(=O)C2CC2C1=O. The molecule has 2 fully saturated rings. The summed E-state index contributed by atoms with van der Waals surface area (Å²) in [5.41, 5.74) is 5.19. The Morgan fingerprint density at radius 2 is 2.00 bits per heavy atom. The van der Waals surface area contributed by atoms with E-state index in [2.05, 4.69) is 0 Å². The van der Waals surface area contributed by atoms with Gasteiger partial charge in [-0.25, -0.2) is 0 Å². The number of nitrogens with zero attached hydrogens (tertiary/aromatic N) is 1. The highest BCUT2D eigenvalue weighted by atomic mass is 16.3. The minimum Gasteiger partial charge on any atom is -0.390 e. The average Bonchev–Trinajstić information content (AvgIpc) is 2.86. The van der Waals surface area contributed by atoms with Gasteiger partial charge >= 0.3 is 0 Å². The predicted octanol–water partition coefficient (Wildman–Crippen LogP) is -1.69. The standard InChI is InChI=1S/C8H12N2O3/c9-2-4(11)3-10-7(12)5-1-6(5)8(10)13/h4-6,11H,1-3,9H2. The molecular weight excluding hydrogens is 172 g/mol. The van der Waals surface area contributed by atoms with Crippen LogP contribution in [0.1, 0.15) is 6.42 Å². The molecule has 3 unspecified atom stereocenters. The number of hydrogen-bond donors (Lipinski definition) is 2. The van der Waals surface area contributed by atoms with Crippen molar-refractivity contribution < 1.29 is 14.7 Å². The summed E-state index contributed by atoms with van der Waals surface area (Å²) in [5.74, 6) is -0.444. The molecule has 0 radical (unpaired) electrons. The molecule has 5 heteroatoms. The Hall–Kier alpha value is -0.940. The van der Waals surface area contributed by atoms with Gasteiger partial charge in [-0.05, 0) is 6.42 Å². The molecule has 13 heavy (non-hydrogen) atoms. The number of β-amino-alcohol motifs (C(OH)–C–C–N with tert-alkyl or cyclic N) is 1. The number of likely N-dealkylation sites (tertiary alicyclic amines) is 1. The van der Waals surface area contributed by atoms with Crippen molar-refractivity contribution in [2.24, 2.45) is 17.6 Å². The normalized spacial score (nSPS) is 33.5. The fourth-order valence-corrected chi connectivity index (χ4v) is 1.72. The van der Waals surface area contributed by atoms with Crippen LogP contribution in [-0.4, -0.2) is 41.0 Å². The van der Waals surface area contributed by atoms with E-state index in [9.17, 15) is 14.7 Å². The Kier molecular flexibility index (Phi) is 1.85. The van der Waals surface area contributed by atoms with Gasteiger partial charge in [-0.15, -0.1) is 0 Å². The fourth-order valence-electron chi connectivity index (χ4n) is 1.72. The third kappa shape index (κ3) is 1.24. The van der Waals surface area contributed by atoms with Crippen LogP contribution in [0.4, 0.5) is 0 Å². The van der Waals surface area contributed by atoms with E-state index >= 15 is 0 Å². The van der Waals surface area contributed by atoms with Crippen LogP contribution >= 0.6 is 0 Å². The van der Waals surface area contributed by atoms with Gasteiger partial charge in [-0.1, -0.05) is 0 Å². The maximum absolute atomic E-state index is 11.4. The minimum absolute atomic E-state index is 0.0567. The van der Waals surface area contributed by atoms with Gasteiger partial charge in [0, 0.05) is 6.54 Å². The molecule has 1 saturated carbocycles. The van der Waals surface area contributed by atoms with E-state index in [1.54, 1.807) is 0 Å². The van der Waals surface area contributed by atoms with Crippen molar-refractivity contribution in [3.63, 3.8) is 0 Å². The summed E-state index contributed by atoms with van der Waals surface area (Å²) in [5, 5.41) is 9.18. The second kappa shape index (κ2) is 2.78. The van der Waals surface area contributed by atoms with Crippen LogP contribution in [0.25, 0.3) is 0 Å². The summed E-state index contributed by atoms with van der Waals surface area (Å²) in [6.07, 6.45) is -0.0854. The van der Waals surface area contributed by atoms with Gasteiger partial charge in [-0.3, -0.25) is 14.5 Å². The Balaban J connectivity index is 2.00. The lowest BCUT2D eigenvalue weighted by molar-refractivity contribution is -0.142. The molecule has 0 bridgehead atoms. The Morgan fingerprint density at radius 1 is 1.46 bits per heavy atom. The highest BCUT2D eigenvalue weighted by molar-refractivity contribution is 6.08. The number of aliphatic hydroxyl groups excluding tert-OH is 1. The number of rotatable bonds is 3. The second-order valence-corrected chi connectivity index (χ2v) is 3.63. The Morgan fingerprint density at radius 3 is 2.46 bits per heavy atom. The maximum Gasteiger partial charge on any atom is 0.233 e. The number of amides is 2. The van der Waals surface area contributed by atoms with Crippen molar-refractivity contribution in [2.75, 3.05) is 13.1 Å². The van der Waals surface area contributed by atoms with E-state index in [1.165, 1.54) is 0 Å². The third-order valence-corrected chi connectivity index (χ3v) is 2.62. The molecule has 1 aliphatic heterocycles. The van der Waals surface area contributed by atoms with Crippen LogP contribution in [0, 0.1) is 11.8 Å². The lowest BCUT2D eigenvalue weighted by Gasteiger charge is -2.18. The zero-order valence-electron chi connectivity index (χ0n) is 7.14. The van der Waals surface area contributed by atoms with Crippen LogP contribution in [0.5, 0.6) is 0 Å². The summed E-state index contributed by atoms with van der Waals surface area (Å²) >= 11 is 0. The van der Waals surface area contributed by atoms with Gasteiger partial charge in [0.25, 0.3) is 0 Å². The van der Waals surface area contributed by atoms with Crippen LogP contribution in [-0.2, 0) is 9.59 Å². The van der Waals surface area contributed by atoms with Crippen molar-refractivity contribution in [1.29, 1.82) is 0 Å². The molecule has 1 heterocycles. The first-order chi connectivity index (χ1) is 6.15. The fraction of sp³-hybridized carbons (Fsp3) is 0.750. The van der Waals surface area contributed by atoms with Crippen molar-refractivity contribution >= 4 is 11.8 Å². The minimum atomic E-state index is -0.787. The monoisotopic (exact) mass is 184 g/mol. The molecule has 0 aromatic heterocycles. The number of hydrogen-bond acceptors (Lipinski definition) is 4. The van der Waals surface area contributed by atoms with Gasteiger partial charge < -0.3 is 10.8 Å². The van der Waals surface area contributed by atoms with Crippen molar-refractivity contribution in [3.8, 4) is 0 Å². The topological polar surface area (TPSA) is 83.6 Å². The predicted molar refractivity (Wildman–Crippen MR) is 43.4 cm³/mol. The summed E-state index contributed by atoms with van der Waals surface area (Å²) in [7, 11) is 0. The highest BCUT2D eigenvalue weighted by Crippen LogP contribution is 2.46. The second-order valence-electron chi connectivity index (χ2n) is 3.63. The van der Waals surface area contributed by atoms with Crippen molar-refractivity contribution in [2.45, 2.75) is 12.5 Å². The summed E-state index contributed by atoms with van der Waals surface area (Å²) in [4.78, 5) is 23.9. The number of aliphatic hydroxyl groups is 1. The molecule has 0 aromatic rings. The molecule has 1 saturated heterocycles. The Bertz CT molecular complexity index is 246. The lowest BCUT2D eigenvalue weighted by atomic mass is 10.3. The van der Waals surface area contributed by atoms with E-state index in [0.29, 0.717) is 6.42 Å². The molecule has 3 N–H and O–H groups in total.